The Morgan fingerprint density at radius 2 is 1.86 bits per heavy atom. The lowest BCUT2D eigenvalue weighted by atomic mass is 9.76. The molecule has 4 heterocycles. The van der Waals surface area contributed by atoms with Crippen LogP contribution >= 0.6 is 23.2 Å². The Bertz CT molecular complexity index is 1750. The van der Waals surface area contributed by atoms with Crippen molar-refractivity contribution in [3.05, 3.63) is 86.0 Å². The van der Waals surface area contributed by atoms with E-state index in [0.717, 1.165) is 18.8 Å². The van der Waals surface area contributed by atoms with E-state index in [1.54, 1.807) is 35.1 Å². The van der Waals surface area contributed by atoms with Gasteiger partial charge in [-0.3, -0.25) is 4.79 Å². The van der Waals surface area contributed by atoms with E-state index >= 15 is 0 Å². The average molecular weight is 534 g/mol. The largest absolute Gasteiger partial charge is 0.324 e. The molecule has 5 aromatic rings. The van der Waals surface area contributed by atoms with E-state index in [0.29, 0.717) is 38.2 Å². The predicted octanol–water partition coefficient (Wildman–Crippen LogP) is 5.51. The number of likely N-dealkylation sites (N-methyl/N-ethyl adjacent to an activating group) is 1. The zero-order chi connectivity index (χ0) is 26.1. The molecule has 0 fully saturated rings. The van der Waals surface area contributed by atoms with Crippen LogP contribution in [0.3, 0.4) is 0 Å². The van der Waals surface area contributed by atoms with Crippen molar-refractivity contribution in [3.63, 3.8) is 0 Å². The molecule has 188 valence electrons. The van der Waals surface area contributed by atoms with Crippen molar-refractivity contribution >= 4 is 51.4 Å². The predicted molar refractivity (Wildman–Crippen MR) is 148 cm³/mol. The maximum Gasteiger partial charge on any atom is 0.281 e. The number of anilines is 2. The third-order valence-corrected chi connectivity index (χ3v) is 7.48. The molecule has 0 radical (unpaired) electrons. The van der Waals surface area contributed by atoms with Gasteiger partial charge in [0, 0.05) is 42.8 Å². The summed E-state index contributed by atoms with van der Waals surface area (Å²) in [5.74, 6) is 0.383. The summed E-state index contributed by atoms with van der Waals surface area (Å²) in [4.78, 5) is 29.6. The maximum atomic E-state index is 13.6. The minimum atomic E-state index is -0.350. The fraction of sp³-hybridized carbons (Fsp3) is 0.259. The molecule has 6 rings (SSSR count). The van der Waals surface area contributed by atoms with Crippen LogP contribution in [-0.4, -0.2) is 42.6 Å². The van der Waals surface area contributed by atoms with Crippen LogP contribution in [0.25, 0.3) is 22.2 Å². The number of rotatable bonds is 3. The van der Waals surface area contributed by atoms with Crippen LogP contribution in [0.1, 0.15) is 30.5 Å². The summed E-state index contributed by atoms with van der Waals surface area (Å²) in [5.41, 5.74) is 5.83. The smallest absolute Gasteiger partial charge is 0.281 e. The first kappa shape index (κ1) is 23.9. The SMILES string of the molecule is Cc1cc(Nc2ncc3c(=O)n(-c4c(Cl)cccc4Cl)n4ccnc4c3n2)cc2c1C(C)(C)CN(C)C2. The highest BCUT2D eigenvalue weighted by Crippen LogP contribution is 2.37. The fourth-order valence-electron chi connectivity index (χ4n) is 5.76. The Morgan fingerprint density at radius 3 is 2.62 bits per heavy atom. The molecule has 1 N–H and O–H groups in total. The standard InChI is InChI=1S/C27H25Cl2N7O/c1-15-10-17(11-16-13-34(4)14-27(2,3)21(15)16)32-26-31-12-18-22(33-26)24-30-8-9-35(24)36(25(18)37)23-19(28)6-5-7-20(23)29/h5-12H,13-14H2,1-4H3,(H,31,32,33). The highest BCUT2D eigenvalue weighted by molar-refractivity contribution is 6.37. The van der Waals surface area contributed by atoms with Crippen molar-refractivity contribution in [1.29, 1.82) is 0 Å². The van der Waals surface area contributed by atoms with Crippen LogP contribution in [0.15, 0.2) is 53.7 Å². The monoisotopic (exact) mass is 533 g/mol. The van der Waals surface area contributed by atoms with Gasteiger partial charge < -0.3 is 10.2 Å². The fourth-order valence-corrected chi connectivity index (χ4v) is 6.32. The molecule has 1 aliphatic rings. The Labute approximate surface area is 223 Å². The summed E-state index contributed by atoms with van der Waals surface area (Å²) in [6.45, 7) is 8.61. The number of nitrogens with one attached hydrogen (secondary N) is 1. The van der Waals surface area contributed by atoms with Gasteiger partial charge in [-0.25, -0.2) is 24.1 Å². The Morgan fingerprint density at radius 1 is 1.11 bits per heavy atom. The summed E-state index contributed by atoms with van der Waals surface area (Å²) >= 11 is 12.9. The van der Waals surface area contributed by atoms with E-state index in [9.17, 15) is 4.79 Å². The zero-order valence-corrected chi connectivity index (χ0v) is 22.4. The summed E-state index contributed by atoms with van der Waals surface area (Å²) in [6, 6.07) is 9.39. The number of para-hydroxylation sites is 1. The van der Waals surface area contributed by atoms with E-state index in [4.69, 9.17) is 28.2 Å². The van der Waals surface area contributed by atoms with Gasteiger partial charge in [0.2, 0.25) is 5.95 Å². The van der Waals surface area contributed by atoms with Crippen molar-refractivity contribution in [3.8, 4) is 5.69 Å². The molecule has 0 spiro atoms. The van der Waals surface area contributed by atoms with Crippen LogP contribution in [0, 0.1) is 6.92 Å². The van der Waals surface area contributed by atoms with E-state index < -0.39 is 0 Å². The normalized spacial score (nSPS) is 15.3. The summed E-state index contributed by atoms with van der Waals surface area (Å²) in [6.07, 6.45) is 4.80. The van der Waals surface area contributed by atoms with E-state index in [1.807, 2.05) is 0 Å². The Balaban J connectivity index is 1.48. The molecular formula is C27H25Cl2N7O. The van der Waals surface area contributed by atoms with E-state index in [2.05, 4.69) is 60.1 Å². The summed E-state index contributed by atoms with van der Waals surface area (Å²) in [5, 5.41) is 4.35. The number of aryl methyl sites for hydroxylation is 1. The van der Waals surface area contributed by atoms with Crippen LogP contribution < -0.4 is 10.9 Å². The molecule has 0 aliphatic carbocycles. The van der Waals surface area contributed by atoms with Gasteiger partial charge in [0.05, 0.1) is 15.4 Å². The van der Waals surface area contributed by atoms with Gasteiger partial charge in [-0.1, -0.05) is 43.1 Å². The van der Waals surface area contributed by atoms with Gasteiger partial charge in [0.15, 0.2) is 5.65 Å². The lowest BCUT2D eigenvalue weighted by Gasteiger charge is -2.39. The molecule has 37 heavy (non-hydrogen) atoms. The van der Waals surface area contributed by atoms with Crippen molar-refractivity contribution < 1.29 is 0 Å². The molecule has 0 unspecified atom stereocenters. The molecule has 0 amide bonds. The number of imidazole rings is 1. The van der Waals surface area contributed by atoms with Crippen LogP contribution in [0.4, 0.5) is 11.6 Å². The molecule has 1 aliphatic heterocycles. The zero-order valence-electron chi connectivity index (χ0n) is 20.9. The minimum Gasteiger partial charge on any atom is -0.324 e. The van der Waals surface area contributed by atoms with Gasteiger partial charge in [-0.15, -0.1) is 0 Å². The second-order valence-electron chi connectivity index (χ2n) is 10.2. The Kier molecular flexibility index (Phi) is 5.52. The van der Waals surface area contributed by atoms with Gasteiger partial charge in [0.1, 0.15) is 11.2 Å². The molecule has 0 saturated carbocycles. The molecule has 10 heteroatoms. The Hall–Kier alpha value is -3.46. The number of nitrogens with zero attached hydrogens (tertiary/aromatic N) is 6. The molecule has 0 atom stereocenters. The van der Waals surface area contributed by atoms with Gasteiger partial charge in [-0.05, 0) is 54.9 Å². The van der Waals surface area contributed by atoms with Crippen LogP contribution in [0.2, 0.25) is 10.0 Å². The molecule has 3 aromatic heterocycles. The van der Waals surface area contributed by atoms with Gasteiger partial charge in [0.25, 0.3) is 5.56 Å². The maximum absolute atomic E-state index is 13.6. The topological polar surface area (TPSA) is 80.3 Å². The van der Waals surface area contributed by atoms with Crippen molar-refractivity contribution in [2.45, 2.75) is 32.7 Å². The molecule has 0 bridgehead atoms. The lowest BCUT2D eigenvalue weighted by molar-refractivity contribution is 0.235. The van der Waals surface area contributed by atoms with Gasteiger partial charge >= 0.3 is 0 Å². The lowest BCUT2D eigenvalue weighted by Crippen LogP contribution is -2.40. The first-order valence-electron chi connectivity index (χ1n) is 11.9. The van der Waals surface area contributed by atoms with Crippen LogP contribution in [-0.2, 0) is 12.0 Å². The minimum absolute atomic E-state index is 0.0706. The molecule has 0 saturated heterocycles. The number of benzene rings is 2. The highest BCUT2D eigenvalue weighted by Gasteiger charge is 2.32. The van der Waals surface area contributed by atoms with Crippen LogP contribution in [0.5, 0.6) is 0 Å². The summed E-state index contributed by atoms with van der Waals surface area (Å²) < 4.78 is 3.01. The second kappa shape index (κ2) is 8.55. The quantitative estimate of drug-likeness (QED) is 0.329. The number of hydrogen-bond donors (Lipinski definition) is 1. The first-order valence-corrected chi connectivity index (χ1v) is 12.7. The van der Waals surface area contributed by atoms with Crippen molar-refractivity contribution in [1.82, 2.24) is 29.0 Å². The number of fused-ring (bicyclic) bond motifs is 4. The third kappa shape index (κ3) is 3.87. The summed E-state index contributed by atoms with van der Waals surface area (Å²) in [7, 11) is 2.14. The third-order valence-electron chi connectivity index (χ3n) is 6.87. The van der Waals surface area contributed by atoms with Crippen molar-refractivity contribution in [2.75, 3.05) is 18.9 Å². The van der Waals surface area contributed by atoms with E-state index in [1.165, 1.54) is 27.6 Å². The number of hydrogen-bond acceptors (Lipinski definition) is 6. The number of aromatic nitrogens is 5. The molecule has 8 nitrogen and oxygen atoms in total. The molecular weight excluding hydrogens is 509 g/mol. The highest BCUT2D eigenvalue weighted by atomic mass is 35.5. The van der Waals surface area contributed by atoms with Gasteiger partial charge in [-0.2, -0.15) is 0 Å². The first-order chi connectivity index (χ1) is 17.6. The van der Waals surface area contributed by atoms with E-state index in [-0.39, 0.29) is 11.0 Å². The number of halogens is 2. The average Bonchev–Trinajstić information content (AvgIpc) is 3.29. The van der Waals surface area contributed by atoms with Crippen molar-refractivity contribution in [2.24, 2.45) is 0 Å². The molecule has 2 aromatic carbocycles. The second-order valence-corrected chi connectivity index (χ2v) is 11.1.